The standard InChI is InChI=1S/C24H31N3O2/c1-15(2)24(28)25-12-19-11-20(27-13-21-6-7-22(14-27)29-21)5-8-23(19)18-9-16(3)26-17(4)10-18/h5,8-11,15,21-22H,6-7,12-14H2,1-4H3,(H,25,28). The number of hydrogen-bond acceptors (Lipinski definition) is 4. The molecule has 4 rings (SSSR count). The lowest BCUT2D eigenvalue weighted by Crippen LogP contribution is -2.42. The number of rotatable bonds is 5. The van der Waals surface area contributed by atoms with Crippen LogP contribution in [0.5, 0.6) is 0 Å². The van der Waals surface area contributed by atoms with Gasteiger partial charge in [-0.3, -0.25) is 9.78 Å². The fourth-order valence-corrected chi connectivity index (χ4v) is 4.41. The first-order valence-electron chi connectivity index (χ1n) is 10.7. The van der Waals surface area contributed by atoms with Gasteiger partial charge >= 0.3 is 0 Å². The molecule has 0 radical (unpaired) electrons. The Balaban J connectivity index is 1.67. The second-order valence-electron chi connectivity index (χ2n) is 8.71. The second kappa shape index (κ2) is 8.15. The van der Waals surface area contributed by atoms with Crippen molar-refractivity contribution in [2.45, 2.75) is 59.3 Å². The number of nitrogens with one attached hydrogen (secondary N) is 1. The summed E-state index contributed by atoms with van der Waals surface area (Å²) in [6, 6.07) is 10.9. The van der Waals surface area contributed by atoms with Crippen molar-refractivity contribution in [3.63, 3.8) is 0 Å². The van der Waals surface area contributed by atoms with E-state index in [0.29, 0.717) is 18.8 Å². The summed E-state index contributed by atoms with van der Waals surface area (Å²) in [5.74, 6) is 0.0507. The number of benzene rings is 1. The van der Waals surface area contributed by atoms with Crippen molar-refractivity contribution in [3.8, 4) is 11.1 Å². The predicted octanol–water partition coefficient (Wildman–Crippen LogP) is 4.01. The molecule has 1 aromatic heterocycles. The first kappa shape index (κ1) is 19.9. The van der Waals surface area contributed by atoms with Crippen molar-refractivity contribution in [1.29, 1.82) is 0 Å². The molecule has 0 aliphatic carbocycles. The normalized spacial score (nSPS) is 20.9. The number of nitrogens with zero attached hydrogens (tertiary/aromatic N) is 2. The van der Waals surface area contributed by atoms with E-state index in [1.54, 1.807) is 0 Å². The summed E-state index contributed by atoms with van der Waals surface area (Å²) in [4.78, 5) is 19.2. The molecule has 2 unspecified atom stereocenters. The van der Waals surface area contributed by atoms with Crippen LogP contribution in [-0.2, 0) is 16.1 Å². The van der Waals surface area contributed by atoms with Gasteiger partial charge in [-0.25, -0.2) is 0 Å². The first-order valence-corrected chi connectivity index (χ1v) is 10.7. The van der Waals surface area contributed by atoms with Gasteiger partial charge < -0.3 is 15.0 Å². The fraction of sp³-hybridized carbons (Fsp3) is 0.500. The van der Waals surface area contributed by atoms with Crippen LogP contribution >= 0.6 is 0 Å². The molecule has 5 nitrogen and oxygen atoms in total. The van der Waals surface area contributed by atoms with E-state index < -0.39 is 0 Å². The first-order chi connectivity index (χ1) is 13.9. The third-order valence-corrected chi connectivity index (χ3v) is 5.87. The zero-order valence-corrected chi connectivity index (χ0v) is 17.9. The number of carbonyl (C=O) groups excluding carboxylic acids is 1. The maximum absolute atomic E-state index is 12.2. The molecule has 2 bridgehead atoms. The highest BCUT2D eigenvalue weighted by atomic mass is 16.5. The minimum Gasteiger partial charge on any atom is -0.371 e. The van der Waals surface area contributed by atoms with Gasteiger partial charge in [-0.15, -0.1) is 0 Å². The number of hydrogen-bond donors (Lipinski definition) is 1. The summed E-state index contributed by atoms with van der Waals surface area (Å²) < 4.78 is 6.00. The molecule has 2 aliphatic rings. The predicted molar refractivity (Wildman–Crippen MR) is 116 cm³/mol. The number of anilines is 1. The van der Waals surface area contributed by atoms with Gasteiger partial charge in [0, 0.05) is 42.6 Å². The van der Waals surface area contributed by atoms with Crippen molar-refractivity contribution >= 4 is 11.6 Å². The van der Waals surface area contributed by atoms with Crippen LogP contribution in [0.3, 0.4) is 0 Å². The summed E-state index contributed by atoms with van der Waals surface area (Å²) in [6.07, 6.45) is 3.02. The van der Waals surface area contributed by atoms with E-state index in [0.717, 1.165) is 54.0 Å². The Labute approximate surface area is 173 Å². The number of morpholine rings is 1. The molecular weight excluding hydrogens is 362 g/mol. The van der Waals surface area contributed by atoms with Crippen LogP contribution in [0.15, 0.2) is 30.3 Å². The van der Waals surface area contributed by atoms with Crippen LogP contribution in [-0.4, -0.2) is 36.2 Å². The van der Waals surface area contributed by atoms with Crippen LogP contribution < -0.4 is 10.2 Å². The molecular formula is C24H31N3O2. The Kier molecular flexibility index (Phi) is 5.59. The van der Waals surface area contributed by atoms with Crippen molar-refractivity contribution in [3.05, 3.63) is 47.3 Å². The molecule has 2 aliphatic heterocycles. The highest BCUT2D eigenvalue weighted by molar-refractivity contribution is 5.78. The number of aryl methyl sites for hydroxylation is 2. The molecule has 1 aromatic carbocycles. The van der Waals surface area contributed by atoms with Crippen LogP contribution in [0, 0.1) is 19.8 Å². The van der Waals surface area contributed by atoms with Crippen molar-refractivity contribution < 1.29 is 9.53 Å². The van der Waals surface area contributed by atoms with Gasteiger partial charge in [-0.1, -0.05) is 19.9 Å². The second-order valence-corrected chi connectivity index (χ2v) is 8.71. The molecule has 2 atom stereocenters. The Morgan fingerprint density at radius 2 is 1.79 bits per heavy atom. The minimum atomic E-state index is -0.0260. The van der Waals surface area contributed by atoms with Gasteiger partial charge in [0.05, 0.1) is 12.2 Å². The number of carbonyl (C=O) groups is 1. The molecule has 29 heavy (non-hydrogen) atoms. The highest BCUT2D eigenvalue weighted by Gasteiger charge is 2.33. The number of fused-ring (bicyclic) bond motifs is 2. The van der Waals surface area contributed by atoms with Crippen molar-refractivity contribution in [2.24, 2.45) is 5.92 Å². The summed E-state index contributed by atoms with van der Waals surface area (Å²) in [5, 5.41) is 3.10. The fourth-order valence-electron chi connectivity index (χ4n) is 4.41. The summed E-state index contributed by atoms with van der Waals surface area (Å²) in [6.45, 7) is 10.3. The molecule has 2 saturated heterocycles. The lowest BCUT2D eigenvalue weighted by atomic mass is 9.97. The monoisotopic (exact) mass is 393 g/mol. The van der Waals surface area contributed by atoms with Gasteiger partial charge in [0.15, 0.2) is 0 Å². The van der Waals surface area contributed by atoms with Crippen molar-refractivity contribution in [2.75, 3.05) is 18.0 Å². The molecule has 2 fully saturated rings. The Morgan fingerprint density at radius 1 is 1.14 bits per heavy atom. The van der Waals surface area contributed by atoms with Crippen LogP contribution in [0.25, 0.3) is 11.1 Å². The van der Waals surface area contributed by atoms with Gasteiger partial charge in [0.2, 0.25) is 5.91 Å². The Hall–Kier alpha value is -2.40. The number of ether oxygens (including phenoxy) is 1. The lowest BCUT2D eigenvalue weighted by Gasteiger charge is -2.34. The van der Waals surface area contributed by atoms with E-state index in [-0.39, 0.29) is 11.8 Å². The zero-order chi connectivity index (χ0) is 20.5. The molecule has 0 spiro atoms. The number of amides is 1. The van der Waals surface area contributed by atoms with Crippen LogP contribution in [0.1, 0.15) is 43.6 Å². The third-order valence-electron chi connectivity index (χ3n) is 5.87. The van der Waals surface area contributed by atoms with E-state index in [1.165, 1.54) is 5.69 Å². The quantitative estimate of drug-likeness (QED) is 0.834. The van der Waals surface area contributed by atoms with Crippen molar-refractivity contribution in [1.82, 2.24) is 10.3 Å². The Bertz CT molecular complexity index is 877. The largest absolute Gasteiger partial charge is 0.371 e. The van der Waals surface area contributed by atoms with E-state index in [1.807, 2.05) is 27.7 Å². The summed E-state index contributed by atoms with van der Waals surface area (Å²) >= 11 is 0. The summed E-state index contributed by atoms with van der Waals surface area (Å²) in [7, 11) is 0. The minimum absolute atomic E-state index is 0.0260. The molecule has 3 heterocycles. The lowest BCUT2D eigenvalue weighted by molar-refractivity contribution is -0.124. The average molecular weight is 394 g/mol. The highest BCUT2D eigenvalue weighted by Crippen LogP contribution is 2.33. The molecule has 1 N–H and O–H groups in total. The molecule has 1 amide bonds. The van der Waals surface area contributed by atoms with Gasteiger partial charge in [-0.2, -0.15) is 0 Å². The van der Waals surface area contributed by atoms with Gasteiger partial charge in [-0.05, 0) is 67.6 Å². The number of pyridine rings is 1. The van der Waals surface area contributed by atoms with Gasteiger partial charge in [0.25, 0.3) is 0 Å². The Morgan fingerprint density at radius 3 is 2.41 bits per heavy atom. The molecule has 0 saturated carbocycles. The average Bonchev–Trinajstić information content (AvgIpc) is 3.02. The SMILES string of the molecule is Cc1cc(-c2ccc(N3CC4CCC(C3)O4)cc2CNC(=O)C(C)C)cc(C)n1. The summed E-state index contributed by atoms with van der Waals surface area (Å²) in [5.41, 5.74) is 6.67. The molecule has 5 heteroatoms. The maximum atomic E-state index is 12.2. The van der Waals surface area contributed by atoms with Crippen LogP contribution in [0.2, 0.25) is 0 Å². The smallest absolute Gasteiger partial charge is 0.222 e. The molecule has 154 valence electrons. The topological polar surface area (TPSA) is 54.5 Å². The van der Waals surface area contributed by atoms with E-state index in [2.05, 4.69) is 45.5 Å². The van der Waals surface area contributed by atoms with Gasteiger partial charge in [0.1, 0.15) is 0 Å². The van der Waals surface area contributed by atoms with E-state index in [9.17, 15) is 4.79 Å². The van der Waals surface area contributed by atoms with E-state index in [4.69, 9.17) is 4.74 Å². The number of aromatic nitrogens is 1. The maximum Gasteiger partial charge on any atom is 0.222 e. The molecule has 2 aromatic rings. The third kappa shape index (κ3) is 4.45. The van der Waals surface area contributed by atoms with Crippen LogP contribution in [0.4, 0.5) is 5.69 Å². The zero-order valence-electron chi connectivity index (χ0n) is 17.9. The van der Waals surface area contributed by atoms with E-state index >= 15 is 0 Å².